The van der Waals surface area contributed by atoms with Gasteiger partial charge in [0.05, 0.1) is 19.0 Å². The summed E-state index contributed by atoms with van der Waals surface area (Å²) in [6.45, 7) is 2.27. The van der Waals surface area contributed by atoms with Gasteiger partial charge in [-0.25, -0.2) is 14.4 Å². The van der Waals surface area contributed by atoms with Gasteiger partial charge >= 0.3 is 0 Å². The second-order valence-electron chi connectivity index (χ2n) is 6.11. The Balaban J connectivity index is 1.60. The Labute approximate surface area is 155 Å². The minimum absolute atomic E-state index is 0.309. The summed E-state index contributed by atoms with van der Waals surface area (Å²) in [5.74, 6) is 1.35. The molecule has 0 bridgehead atoms. The lowest BCUT2D eigenvalue weighted by Gasteiger charge is -2.08. The predicted molar refractivity (Wildman–Crippen MR) is 98.2 cm³/mol. The zero-order chi connectivity index (χ0) is 18.8. The number of aryl methyl sites for hydroxylation is 1. The lowest BCUT2D eigenvalue weighted by Crippen LogP contribution is -1.96. The Morgan fingerprint density at radius 1 is 1.11 bits per heavy atom. The molecule has 0 fully saturated rings. The molecular formula is C20H17FN4O2. The van der Waals surface area contributed by atoms with Crippen LogP contribution in [-0.4, -0.2) is 26.5 Å². The topological polar surface area (TPSA) is 61.5 Å². The number of nitrogens with zero attached hydrogens (tertiary/aromatic N) is 4. The van der Waals surface area contributed by atoms with E-state index in [1.165, 1.54) is 19.2 Å². The van der Waals surface area contributed by atoms with E-state index < -0.39 is 0 Å². The zero-order valence-corrected chi connectivity index (χ0v) is 14.9. The average molecular weight is 364 g/mol. The number of pyridine rings is 1. The first-order valence-corrected chi connectivity index (χ1v) is 8.34. The van der Waals surface area contributed by atoms with Crippen molar-refractivity contribution in [1.29, 1.82) is 0 Å². The summed E-state index contributed by atoms with van der Waals surface area (Å²) < 4.78 is 26.3. The maximum absolute atomic E-state index is 13.4. The van der Waals surface area contributed by atoms with Gasteiger partial charge in [0.15, 0.2) is 0 Å². The molecule has 4 aromatic rings. The van der Waals surface area contributed by atoms with Crippen molar-refractivity contribution in [3.63, 3.8) is 0 Å². The molecule has 0 unspecified atom stereocenters. The molecule has 0 aliphatic heterocycles. The third kappa shape index (κ3) is 3.57. The summed E-state index contributed by atoms with van der Waals surface area (Å²) in [7, 11) is 1.51. The molecule has 0 spiro atoms. The van der Waals surface area contributed by atoms with Gasteiger partial charge < -0.3 is 9.47 Å². The Hall–Kier alpha value is -3.48. The van der Waals surface area contributed by atoms with Crippen LogP contribution in [0.3, 0.4) is 0 Å². The summed E-state index contributed by atoms with van der Waals surface area (Å²) in [5, 5.41) is 0. The third-order valence-corrected chi connectivity index (χ3v) is 4.07. The first kappa shape index (κ1) is 17.0. The van der Waals surface area contributed by atoms with Crippen LogP contribution in [-0.2, 0) is 6.61 Å². The van der Waals surface area contributed by atoms with E-state index in [1.54, 1.807) is 24.7 Å². The van der Waals surface area contributed by atoms with Crippen molar-refractivity contribution in [2.75, 3.05) is 7.11 Å². The van der Waals surface area contributed by atoms with E-state index in [-0.39, 0.29) is 5.82 Å². The summed E-state index contributed by atoms with van der Waals surface area (Å²) >= 11 is 0. The fourth-order valence-electron chi connectivity index (χ4n) is 2.81. The molecule has 0 saturated carbocycles. The van der Waals surface area contributed by atoms with Gasteiger partial charge in [0.25, 0.3) is 0 Å². The molecule has 0 N–H and O–H groups in total. The fraction of sp³-hybridized carbons (Fsp3) is 0.150. The Morgan fingerprint density at radius 2 is 2.00 bits per heavy atom. The van der Waals surface area contributed by atoms with Crippen LogP contribution < -0.4 is 9.47 Å². The highest BCUT2D eigenvalue weighted by Crippen LogP contribution is 2.30. The summed E-state index contributed by atoms with van der Waals surface area (Å²) in [4.78, 5) is 12.9. The van der Waals surface area contributed by atoms with Crippen LogP contribution in [0.4, 0.5) is 4.39 Å². The smallest absolute Gasteiger partial charge is 0.234 e. The molecule has 0 amide bonds. The van der Waals surface area contributed by atoms with E-state index in [2.05, 4.69) is 15.0 Å². The van der Waals surface area contributed by atoms with E-state index in [0.717, 1.165) is 22.4 Å². The number of hydrogen-bond donors (Lipinski definition) is 0. The highest BCUT2D eigenvalue weighted by atomic mass is 19.1. The molecule has 27 heavy (non-hydrogen) atoms. The summed E-state index contributed by atoms with van der Waals surface area (Å²) in [6, 6.07) is 6.33. The van der Waals surface area contributed by atoms with Crippen molar-refractivity contribution in [2.24, 2.45) is 0 Å². The number of imidazole rings is 1. The van der Waals surface area contributed by atoms with Crippen molar-refractivity contribution in [1.82, 2.24) is 19.4 Å². The van der Waals surface area contributed by atoms with E-state index in [4.69, 9.17) is 9.47 Å². The molecule has 3 aromatic heterocycles. The first-order chi connectivity index (χ1) is 13.1. The van der Waals surface area contributed by atoms with Crippen LogP contribution >= 0.6 is 0 Å². The standard InChI is InChI=1S/C20H17FN4O2/c1-13-5-17(9-22-7-13)27-12-16-11-25-10-14(8-23-20(25)24-16)18-4-3-15(21)6-19(18)26-2/h3-11H,12H2,1-2H3. The van der Waals surface area contributed by atoms with Gasteiger partial charge in [-0.2, -0.15) is 0 Å². The van der Waals surface area contributed by atoms with Crippen LogP contribution in [0.1, 0.15) is 11.3 Å². The quantitative estimate of drug-likeness (QED) is 0.539. The van der Waals surface area contributed by atoms with E-state index in [9.17, 15) is 4.39 Å². The second kappa shape index (κ2) is 7.03. The number of benzene rings is 1. The van der Waals surface area contributed by atoms with Gasteiger partial charge in [0, 0.05) is 42.0 Å². The molecule has 7 heteroatoms. The summed E-state index contributed by atoms with van der Waals surface area (Å²) in [5.41, 5.74) is 3.33. The lowest BCUT2D eigenvalue weighted by molar-refractivity contribution is 0.300. The van der Waals surface area contributed by atoms with Crippen LogP contribution in [0.25, 0.3) is 16.9 Å². The van der Waals surface area contributed by atoms with Crippen LogP contribution in [0.15, 0.2) is 55.2 Å². The molecule has 0 atom stereocenters. The molecule has 3 heterocycles. The molecule has 0 saturated heterocycles. The Morgan fingerprint density at radius 3 is 2.81 bits per heavy atom. The Kier molecular flexibility index (Phi) is 4.42. The largest absolute Gasteiger partial charge is 0.496 e. The van der Waals surface area contributed by atoms with E-state index in [0.29, 0.717) is 23.9 Å². The highest BCUT2D eigenvalue weighted by Gasteiger charge is 2.10. The Bertz CT molecular complexity index is 1110. The maximum atomic E-state index is 13.4. The number of rotatable bonds is 5. The van der Waals surface area contributed by atoms with Gasteiger partial charge in [0.2, 0.25) is 5.78 Å². The predicted octanol–water partition coefficient (Wildman–Crippen LogP) is 3.83. The molecule has 1 aromatic carbocycles. The minimum Gasteiger partial charge on any atom is -0.496 e. The monoisotopic (exact) mass is 364 g/mol. The van der Waals surface area contributed by atoms with Gasteiger partial charge in [-0.05, 0) is 30.7 Å². The van der Waals surface area contributed by atoms with E-state index in [1.807, 2.05) is 29.8 Å². The fourth-order valence-corrected chi connectivity index (χ4v) is 2.81. The zero-order valence-electron chi connectivity index (χ0n) is 14.9. The van der Waals surface area contributed by atoms with Crippen LogP contribution in [0.2, 0.25) is 0 Å². The molecule has 4 rings (SSSR count). The lowest BCUT2D eigenvalue weighted by atomic mass is 10.1. The normalized spacial score (nSPS) is 10.9. The van der Waals surface area contributed by atoms with Crippen LogP contribution in [0.5, 0.6) is 11.5 Å². The average Bonchev–Trinajstić information content (AvgIpc) is 3.08. The number of methoxy groups -OCH3 is 1. The molecule has 136 valence electrons. The van der Waals surface area contributed by atoms with E-state index >= 15 is 0 Å². The second-order valence-corrected chi connectivity index (χ2v) is 6.11. The van der Waals surface area contributed by atoms with Crippen LogP contribution in [0, 0.1) is 12.7 Å². The first-order valence-electron chi connectivity index (χ1n) is 8.34. The third-order valence-electron chi connectivity index (χ3n) is 4.07. The van der Waals surface area contributed by atoms with Gasteiger partial charge in [0.1, 0.15) is 23.9 Å². The van der Waals surface area contributed by atoms with Gasteiger partial charge in [-0.3, -0.25) is 9.38 Å². The molecule has 6 nitrogen and oxygen atoms in total. The highest BCUT2D eigenvalue weighted by molar-refractivity contribution is 5.69. The van der Waals surface area contributed by atoms with Gasteiger partial charge in [-0.15, -0.1) is 0 Å². The minimum atomic E-state index is -0.350. The SMILES string of the molecule is COc1cc(F)ccc1-c1cnc2nc(COc3cncc(C)c3)cn2c1. The van der Waals surface area contributed by atoms with Gasteiger partial charge in [-0.1, -0.05) is 0 Å². The maximum Gasteiger partial charge on any atom is 0.234 e. The van der Waals surface area contributed by atoms with Crippen molar-refractivity contribution < 1.29 is 13.9 Å². The summed E-state index contributed by atoms with van der Waals surface area (Å²) in [6.07, 6.45) is 8.86. The van der Waals surface area contributed by atoms with Crippen molar-refractivity contribution in [3.05, 3.63) is 72.3 Å². The number of fused-ring (bicyclic) bond motifs is 1. The van der Waals surface area contributed by atoms with Crippen molar-refractivity contribution in [2.45, 2.75) is 13.5 Å². The molecule has 0 aliphatic carbocycles. The molecule has 0 aliphatic rings. The molecular weight excluding hydrogens is 347 g/mol. The molecule has 0 radical (unpaired) electrons. The number of aromatic nitrogens is 4. The number of hydrogen-bond acceptors (Lipinski definition) is 5. The van der Waals surface area contributed by atoms with Crippen molar-refractivity contribution in [3.8, 4) is 22.6 Å². The number of ether oxygens (including phenoxy) is 2. The number of halogens is 1. The van der Waals surface area contributed by atoms with Crippen molar-refractivity contribution >= 4 is 5.78 Å².